The van der Waals surface area contributed by atoms with E-state index in [1.165, 1.54) is 0 Å². The topological polar surface area (TPSA) is 67.4 Å². The number of amides is 1. The first-order valence-corrected chi connectivity index (χ1v) is 7.79. The monoisotopic (exact) mass is 326 g/mol. The van der Waals surface area contributed by atoms with Crippen LogP contribution in [0.2, 0.25) is 5.28 Å². The van der Waals surface area contributed by atoms with Gasteiger partial charge in [0.15, 0.2) is 0 Å². The molecule has 1 aromatic rings. The number of halogens is 1. The standard InChI is InChI=1S/C15H23ClN4O2/c1-14(2,3)22-13(21)20-9-6-15(4,7-10-20)19-11-5-8-17-12(16)18-11/h5,8H,6-7,9-10H2,1-4H3,(H,17,18,19). The number of piperidine rings is 1. The van der Waals surface area contributed by atoms with Crippen LogP contribution in [0.5, 0.6) is 0 Å². The van der Waals surface area contributed by atoms with Crippen molar-refractivity contribution in [2.45, 2.75) is 51.7 Å². The highest BCUT2D eigenvalue weighted by molar-refractivity contribution is 6.28. The van der Waals surface area contributed by atoms with Crippen molar-refractivity contribution in [1.82, 2.24) is 14.9 Å². The Bertz CT molecular complexity index is 537. The van der Waals surface area contributed by atoms with Gasteiger partial charge in [0.2, 0.25) is 5.28 Å². The average Bonchev–Trinajstić information content (AvgIpc) is 2.36. The van der Waals surface area contributed by atoms with Gasteiger partial charge in [-0.25, -0.2) is 14.8 Å². The number of nitrogens with zero attached hydrogens (tertiary/aromatic N) is 3. The molecule has 2 heterocycles. The second-order valence-corrected chi connectivity index (χ2v) is 7.20. The molecule has 0 radical (unpaired) electrons. The van der Waals surface area contributed by atoms with Gasteiger partial charge in [-0.2, -0.15) is 0 Å². The highest BCUT2D eigenvalue weighted by Crippen LogP contribution is 2.27. The summed E-state index contributed by atoms with van der Waals surface area (Å²) in [4.78, 5) is 21.8. The lowest BCUT2D eigenvalue weighted by atomic mass is 9.90. The fourth-order valence-electron chi connectivity index (χ4n) is 2.35. The van der Waals surface area contributed by atoms with Crippen molar-refractivity contribution in [2.24, 2.45) is 0 Å². The van der Waals surface area contributed by atoms with E-state index in [-0.39, 0.29) is 16.9 Å². The Labute approximate surface area is 136 Å². The van der Waals surface area contributed by atoms with Crippen molar-refractivity contribution >= 4 is 23.5 Å². The number of nitrogens with one attached hydrogen (secondary N) is 1. The highest BCUT2D eigenvalue weighted by Gasteiger charge is 2.33. The zero-order valence-electron chi connectivity index (χ0n) is 13.5. The van der Waals surface area contributed by atoms with Crippen LogP contribution < -0.4 is 5.32 Å². The van der Waals surface area contributed by atoms with Crippen molar-refractivity contribution in [2.75, 3.05) is 18.4 Å². The molecule has 7 heteroatoms. The van der Waals surface area contributed by atoms with Crippen LogP contribution >= 0.6 is 11.6 Å². The molecule has 2 rings (SSSR count). The Kier molecular flexibility index (Phi) is 4.80. The number of anilines is 1. The number of carbonyl (C=O) groups excluding carboxylic acids is 1. The molecule has 6 nitrogen and oxygen atoms in total. The predicted octanol–water partition coefficient (Wildman–Crippen LogP) is 3.33. The molecule has 0 unspecified atom stereocenters. The van der Waals surface area contributed by atoms with E-state index in [2.05, 4.69) is 22.2 Å². The molecule has 0 aromatic carbocycles. The minimum absolute atomic E-state index is 0.129. The van der Waals surface area contributed by atoms with E-state index in [1.807, 2.05) is 20.8 Å². The van der Waals surface area contributed by atoms with Crippen LogP contribution in [0.3, 0.4) is 0 Å². The number of rotatable bonds is 2. The molecule has 0 aliphatic carbocycles. The molecule has 0 spiro atoms. The Hall–Kier alpha value is -1.56. The quantitative estimate of drug-likeness (QED) is 0.844. The van der Waals surface area contributed by atoms with Crippen LogP contribution in [0.25, 0.3) is 0 Å². The van der Waals surface area contributed by atoms with E-state index in [0.29, 0.717) is 18.9 Å². The summed E-state index contributed by atoms with van der Waals surface area (Å²) in [7, 11) is 0. The van der Waals surface area contributed by atoms with Crippen molar-refractivity contribution < 1.29 is 9.53 Å². The minimum Gasteiger partial charge on any atom is -0.444 e. The maximum Gasteiger partial charge on any atom is 0.410 e. The van der Waals surface area contributed by atoms with E-state index < -0.39 is 5.60 Å². The van der Waals surface area contributed by atoms with Crippen molar-refractivity contribution in [3.05, 3.63) is 17.5 Å². The average molecular weight is 327 g/mol. The van der Waals surface area contributed by atoms with Crippen molar-refractivity contribution in [3.8, 4) is 0 Å². The first kappa shape index (κ1) is 16.8. The van der Waals surface area contributed by atoms with Gasteiger partial charge in [-0.1, -0.05) is 0 Å². The molecule has 1 fully saturated rings. The Morgan fingerprint density at radius 2 is 2.05 bits per heavy atom. The van der Waals surface area contributed by atoms with Crippen LogP contribution in [-0.4, -0.2) is 45.2 Å². The third-order valence-electron chi connectivity index (χ3n) is 3.57. The minimum atomic E-state index is -0.464. The molecule has 0 atom stereocenters. The van der Waals surface area contributed by atoms with E-state index >= 15 is 0 Å². The third kappa shape index (κ3) is 4.73. The largest absolute Gasteiger partial charge is 0.444 e. The van der Waals surface area contributed by atoms with Gasteiger partial charge in [0.05, 0.1) is 0 Å². The SMILES string of the molecule is CC1(Nc2ccnc(Cl)n2)CCN(C(=O)OC(C)(C)C)CC1. The first-order valence-electron chi connectivity index (χ1n) is 7.42. The maximum atomic E-state index is 12.1. The molecule has 0 bridgehead atoms. The molecule has 1 amide bonds. The number of hydrogen-bond acceptors (Lipinski definition) is 5. The lowest BCUT2D eigenvalue weighted by Gasteiger charge is -2.40. The van der Waals surface area contributed by atoms with Crippen LogP contribution in [0.15, 0.2) is 12.3 Å². The molecule has 1 aliphatic rings. The van der Waals surface area contributed by atoms with Crippen molar-refractivity contribution in [3.63, 3.8) is 0 Å². The normalized spacial score (nSPS) is 18.0. The number of carbonyl (C=O) groups is 1. The molecular weight excluding hydrogens is 304 g/mol. The van der Waals surface area contributed by atoms with Gasteiger partial charge < -0.3 is 15.0 Å². The maximum absolute atomic E-state index is 12.1. The van der Waals surface area contributed by atoms with Crippen LogP contribution in [0, 0.1) is 0 Å². The fraction of sp³-hybridized carbons (Fsp3) is 0.667. The van der Waals surface area contributed by atoms with Gasteiger partial charge in [0.25, 0.3) is 0 Å². The van der Waals surface area contributed by atoms with Gasteiger partial charge in [-0.05, 0) is 58.2 Å². The smallest absolute Gasteiger partial charge is 0.410 e. The van der Waals surface area contributed by atoms with E-state index in [1.54, 1.807) is 17.2 Å². The van der Waals surface area contributed by atoms with Gasteiger partial charge in [0.1, 0.15) is 11.4 Å². The van der Waals surface area contributed by atoms with Gasteiger partial charge >= 0.3 is 6.09 Å². The summed E-state index contributed by atoms with van der Waals surface area (Å²) < 4.78 is 5.41. The number of likely N-dealkylation sites (tertiary alicyclic amines) is 1. The van der Waals surface area contributed by atoms with Crippen LogP contribution in [0.1, 0.15) is 40.5 Å². The summed E-state index contributed by atoms with van der Waals surface area (Å²) >= 11 is 5.80. The summed E-state index contributed by atoms with van der Waals surface area (Å²) in [6.45, 7) is 9.04. The zero-order valence-corrected chi connectivity index (χ0v) is 14.3. The zero-order chi connectivity index (χ0) is 16.4. The highest BCUT2D eigenvalue weighted by atomic mass is 35.5. The van der Waals surface area contributed by atoms with E-state index in [9.17, 15) is 4.79 Å². The molecule has 122 valence electrons. The summed E-state index contributed by atoms with van der Waals surface area (Å²) in [5.41, 5.74) is -0.593. The van der Waals surface area contributed by atoms with Gasteiger partial charge in [-0.15, -0.1) is 0 Å². The molecular formula is C15H23ClN4O2. The lowest BCUT2D eigenvalue weighted by molar-refractivity contribution is 0.0184. The summed E-state index contributed by atoms with van der Waals surface area (Å²) in [6, 6.07) is 1.79. The van der Waals surface area contributed by atoms with Crippen LogP contribution in [0.4, 0.5) is 10.6 Å². The molecule has 1 aromatic heterocycles. The molecule has 1 saturated heterocycles. The second-order valence-electron chi connectivity index (χ2n) is 6.86. The van der Waals surface area contributed by atoms with Crippen LogP contribution in [-0.2, 0) is 4.74 Å². The van der Waals surface area contributed by atoms with Crippen molar-refractivity contribution in [1.29, 1.82) is 0 Å². The number of ether oxygens (including phenoxy) is 1. The first-order chi connectivity index (χ1) is 10.2. The summed E-state index contributed by atoms with van der Waals surface area (Å²) in [5.74, 6) is 0.702. The second kappa shape index (κ2) is 6.28. The molecule has 1 N–H and O–H groups in total. The molecule has 22 heavy (non-hydrogen) atoms. The van der Waals surface area contributed by atoms with E-state index in [4.69, 9.17) is 16.3 Å². The van der Waals surface area contributed by atoms with Gasteiger partial charge in [-0.3, -0.25) is 0 Å². The van der Waals surface area contributed by atoms with E-state index in [0.717, 1.165) is 12.8 Å². The van der Waals surface area contributed by atoms with Gasteiger partial charge in [0, 0.05) is 24.8 Å². The number of hydrogen-bond donors (Lipinski definition) is 1. The lowest BCUT2D eigenvalue weighted by Crippen LogP contribution is -2.50. The Morgan fingerprint density at radius 1 is 1.41 bits per heavy atom. The summed E-state index contributed by atoms with van der Waals surface area (Å²) in [5, 5.41) is 3.61. The predicted molar refractivity (Wildman–Crippen MR) is 86.1 cm³/mol. The molecule has 0 saturated carbocycles. The Morgan fingerprint density at radius 3 is 2.59 bits per heavy atom. The molecule has 1 aliphatic heterocycles. The number of aromatic nitrogens is 2. The summed E-state index contributed by atoms with van der Waals surface area (Å²) in [6.07, 6.45) is 3.00. The fourth-order valence-corrected chi connectivity index (χ4v) is 2.50. The Balaban J connectivity index is 1.91. The third-order valence-corrected chi connectivity index (χ3v) is 3.76.